The van der Waals surface area contributed by atoms with Gasteiger partial charge in [-0.25, -0.2) is 9.97 Å². The molecule has 4 nitrogen and oxygen atoms in total. The first kappa shape index (κ1) is 15.2. The van der Waals surface area contributed by atoms with Crippen molar-refractivity contribution in [1.29, 1.82) is 0 Å². The molecule has 0 saturated heterocycles. The third-order valence-corrected chi connectivity index (χ3v) is 4.08. The van der Waals surface area contributed by atoms with E-state index in [0.29, 0.717) is 17.0 Å². The van der Waals surface area contributed by atoms with Gasteiger partial charge in [0.25, 0.3) is 0 Å². The minimum atomic E-state index is -0.256. The Labute approximate surface area is 125 Å². The summed E-state index contributed by atoms with van der Waals surface area (Å²) in [5, 5.41) is 3.22. The molecule has 0 atom stereocenters. The summed E-state index contributed by atoms with van der Waals surface area (Å²) in [6.07, 6.45) is 5.07. The summed E-state index contributed by atoms with van der Waals surface area (Å²) in [7, 11) is 0. The number of hydrogen-bond acceptors (Lipinski definition) is 3. The van der Waals surface area contributed by atoms with Gasteiger partial charge in [0.15, 0.2) is 0 Å². The summed E-state index contributed by atoms with van der Waals surface area (Å²) in [5.41, 5.74) is 0.498. The largest absolute Gasteiger partial charge is 0.294 e. The fourth-order valence-corrected chi connectivity index (χ4v) is 3.42. The summed E-state index contributed by atoms with van der Waals surface area (Å²) in [6, 6.07) is 1.68. The topological polar surface area (TPSA) is 54.9 Å². The van der Waals surface area contributed by atoms with Crippen LogP contribution in [0, 0.1) is 18.3 Å². The Kier molecular flexibility index (Phi) is 4.63. The average Bonchev–Trinajstić information content (AvgIpc) is 2.76. The molecule has 1 heterocycles. The van der Waals surface area contributed by atoms with E-state index in [1.807, 2.05) is 6.92 Å². The van der Waals surface area contributed by atoms with Crippen molar-refractivity contribution in [3.05, 3.63) is 16.9 Å². The maximum absolute atomic E-state index is 12.7. The van der Waals surface area contributed by atoms with Crippen molar-refractivity contribution in [2.45, 2.75) is 52.9 Å². The van der Waals surface area contributed by atoms with Crippen molar-refractivity contribution < 1.29 is 4.79 Å². The molecule has 1 aliphatic rings. The number of nitrogens with zero attached hydrogens (tertiary/aromatic N) is 2. The molecule has 1 fully saturated rings. The van der Waals surface area contributed by atoms with Gasteiger partial charge in [0.05, 0.1) is 0 Å². The van der Waals surface area contributed by atoms with Gasteiger partial charge in [0.2, 0.25) is 11.9 Å². The maximum atomic E-state index is 12.7. The molecule has 5 heteroatoms. The van der Waals surface area contributed by atoms with Crippen LogP contribution in [0.5, 0.6) is 0 Å². The monoisotopic (exact) mass is 295 g/mol. The summed E-state index contributed by atoms with van der Waals surface area (Å²) in [5.74, 6) is 0.862. The van der Waals surface area contributed by atoms with Crippen molar-refractivity contribution in [3.8, 4) is 0 Å². The second-order valence-corrected chi connectivity index (χ2v) is 6.58. The SMILES string of the molecule is Cc1cc(Cl)nc(NC(=O)C2(CC(C)C)CCCC2)n1. The van der Waals surface area contributed by atoms with Gasteiger partial charge in [-0.3, -0.25) is 10.1 Å². The Bertz CT molecular complexity index is 476. The van der Waals surface area contributed by atoms with E-state index in [1.54, 1.807) is 6.07 Å². The van der Waals surface area contributed by atoms with Gasteiger partial charge in [-0.1, -0.05) is 38.3 Å². The molecule has 110 valence electrons. The van der Waals surface area contributed by atoms with Crippen LogP contribution in [0.2, 0.25) is 5.15 Å². The molecule has 0 bridgehead atoms. The molecule has 1 N–H and O–H groups in total. The molecule has 2 rings (SSSR count). The van der Waals surface area contributed by atoms with Crippen LogP contribution in [0.15, 0.2) is 6.07 Å². The fourth-order valence-electron chi connectivity index (χ4n) is 3.18. The van der Waals surface area contributed by atoms with E-state index in [2.05, 4.69) is 29.1 Å². The molecule has 1 saturated carbocycles. The first-order valence-electron chi connectivity index (χ1n) is 7.24. The van der Waals surface area contributed by atoms with Crippen LogP contribution in [0.25, 0.3) is 0 Å². The van der Waals surface area contributed by atoms with Crippen LogP contribution < -0.4 is 5.32 Å². The Morgan fingerprint density at radius 2 is 2.05 bits per heavy atom. The predicted octanol–water partition coefficient (Wildman–Crippen LogP) is 3.98. The lowest BCUT2D eigenvalue weighted by Crippen LogP contribution is -2.35. The highest BCUT2D eigenvalue weighted by atomic mass is 35.5. The van der Waals surface area contributed by atoms with Gasteiger partial charge in [0, 0.05) is 11.1 Å². The van der Waals surface area contributed by atoms with Crippen LogP contribution in [0.3, 0.4) is 0 Å². The minimum Gasteiger partial charge on any atom is -0.294 e. The quantitative estimate of drug-likeness (QED) is 0.855. The van der Waals surface area contributed by atoms with Crippen LogP contribution in [0.4, 0.5) is 5.95 Å². The highest BCUT2D eigenvalue weighted by Crippen LogP contribution is 2.43. The van der Waals surface area contributed by atoms with E-state index < -0.39 is 0 Å². The van der Waals surface area contributed by atoms with E-state index in [0.717, 1.165) is 37.8 Å². The normalized spacial score (nSPS) is 17.4. The summed E-state index contributed by atoms with van der Waals surface area (Å²) >= 11 is 5.91. The number of anilines is 1. The highest BCUT2D eigenvalue weighted by Gasteiger charge is 2.41. The number of aromatic nitrogens is 2. The molecule has 0 aromatic carbocycles. The molecule has 0 spiro atoms. The number of amides is 1. The Morgan fingerprint density at radius 1 is 1.40 bits per heavy atom. The van der Waals surface area contributed by atoms with Crippen molar-refractivity contribution in [2.75, 3.05) is 5.32 Å². The van der Waals surface area contributed by atoms with Gasteiger partial charge < -0.3 is 0 Å². The van der Waals surface area contributed by atoms with Gasteiger partial charge in [-0.05, 0) is 38.2 Å². The third-order valence-electron chi connectivity index (χ3n) is 3.89. The van der Waals surface area contributed by atoms with Gasteiger partial charge >= 0.3 is 0 Å². The van der Waals surface area contributed by atoms with Gasteiger partial charge in [-0.2, -0.15) is 0 Å². The zero-order valence-corrected chi connectivity index (χ0v) is 13.1. The molecule has 0 aliphatic heterocycles. The average molecular weight is 296 g/mol. The van der Waals surface area contributed by atoms with Crippen LogP contribution in [-0.2, 0) is 4.79 Å². The Balaban J connectivity index is 2.16. The van der Waals surface area contributed by atoms with Crippen molar-refractivity contribution in [3.63, 3.8) is 0 Å². The lowest BCUT2D eigenvalue weighted by atomic mass is 9.78. The van der Waals surface area contributed by atoms with Crippen molar-refractivity contribution in [1.82, 2.24) is 9.97 Å². The first-order chi connectivity index (χ1) is 9.41. The number of carbonyl (C=O) groups is 1. The van der Waals surface area contributed by atoms with E-state index in [-0.39, 0.29) is 11.3 Å². The van der Waals surface area contributed by atoms with E-state index in [9.17, 15) is 4.79 Å². The molecule has 1 aromatic rings. The van der Waals surface area contributed by atoms with Crippen LogP contribution in [-0.4, -0.2) is 15.9 Å². The smallest absolute Gasteiger partial charge is 0.232 e. The molecular formula is C15H22ClN3O. The zero-order chi connectivity index (χ0) is 14.8. The maximum Gasteiger partial charge on any atom is 0.232 e. The van der Waals surface area contributed by atoms with Crippen LogP contribution in [0.1, 0.15) is 51.6 Å². The van der Waals surface area contributed by atoms with E-state index >= 15 is 0 Å². The lowest BCUT2D eigenvalue weighted by molar-refractivity contribution is -0.126. The molecule has 0 unspecified atom stereocenters. The highest BCUT2D eigenvalue weighted by molar-refractivity contribution is 6.29. The van der Waals surface area contributed by atoms with Crippen LogP contribution >= 0.6 is 11.6 Å². The van der Waals surface area contributed by atoms with E-state index in [4.69, 9.17) is 11.6 Å². The summed E-state index contributed by atoms with van der Waals surface area (Å²) < 4.78 is 0. The second-order valence-electron chi connectivity index (χ2n) is 6.20. The number of rotatable bonds is 4. The molecule has 1 aliphatic carbocycles. The fraction of sp³-hybridized carbons (Fsp3) is 0.667. The van der Waals surface area contributed by atoms with Crippen molar-refractivity contribution in [2.24, 2.45) is 11.3 Å². The molecule has 20 heavy (non-hydrogen) atoms. The molecular weight excluding hydrogens is 274 g/mol. The number of aryl methyl sites for hydroxylation is 1. The Hall–Kier alpha value is -1.16. The second kappa shape index (κ2) is 6.08. The third kappa shape index (κ3) is 3.48. The zero-order valence-electron chi connectivity index (χ0n) is 12.4. The summed E-state index contributed by atoms with van der Waals surface area (Å²) in [6.45, 7) is 6.16. The molecule has 1 amide bonds. The standard InChI is InChI=1S/C15H22ClN3O/c1-10(2)9-15(6-4-5-7-15)13(20)19-14-17-11(3)8-12(16)18-14/h8,10H,4-7,9H2,1-3H3,(H,17,18,19,20). The Morgan fingerprint density at radius 3 is 2.60 bits per heavy atom. The number of carbonyl (C=O) groups excluding carboxylic acids is 1. The van der Waals surface area contributed by atoms with Gasteiger partial charge in [-0.15, -0.1) is 0 Å². The first-order valence-corrected chi connectivity index (χ1v) is 7.62. The number of halogens is 1. The predicted molar refractivity (Wildman–Crippen MR) is 80.8 cm³/mol. The van der Waals surface area contributed by atoms with E-state index in [1.165, 1.54) is 0 Å². The van der Waals surface area contributed by atoms with Crippen molar-refractivity contribution >= 4 is 23.5 Å². The number of nitrogens with one attached hydrogen (secondary N) is 1. The number of hydrogen-bond donors (Lipinski definition) is 1. The minimum absolute atomic E-state index is 0.0466. The molecule has 0 radical (unpaired) electrons. The lowest BCUT2D eigenvalue weighted by Gasteiger charge is -2.29. The van der Waals surface area contributed by atoms with Gasteiger partial charge in [0.1, 0.15) is 5.15 Å². The summed E-state index contributed by atoms with van der Waals surface area (Å²) in [4.78, 5) is 21.0. The molecule has 1 aromatic heterocycles.